The summed E-state index contributed by atoms with van der Waals surface area (Å²) < 4.78 is 12.3. The predicted molar refractivity (Wildman–Crippen MR) is 130 cm³/mol. The average Bonchev–Trinajstić information content (AvgIpc) is 3.44. The van der Waals surface area contributed by atoms with Crippen molar-refractivity contribution in [2.75, 3.05) is 20.0 Å². The fraction of sp³-hybridized carbons (Fsp3) is 0.130. The molecule has 0 spiro atoms. The van der Waals surface area contributed by atoms with Gasteiger partial charge in [-0.25, -0.2) is 4.98 Å². The minimum Gasteiger partial charge on any atom is -0.493 e. The zero-order valence-electron chi connectivity index (χ0n) is 18.0. The number of nitrogens with two attached hydrogens (primary N) is 1. The van der Waals surface area contributed by atoms with Gasteiger partial charge in [-0.15, -0.1) is 21.5 Å². The Balaban J connectivity index is 1.56. The number of anilines is 1. The van der Waals surface area contributed by atoms with Crippen molar-refractivity contribution in [3.8, 4) is 44.6 Å². The first-order valence-electron chi connectivity index (χ1n) is 9.96. The lowest BCUT2D eigenvalue weighted by molar-refractivity contribution is 0.355. The normalized spacial score (nSPS) is 11.2. The Morgan fingerprint density at radius 2 is 1.70 bits per heavy atom. The van der Waals surface area contributed by atoms with E-state index in [2.05, 4.69) is 15.3 Å². The number of hydrogen-bond acceptors (Lipinski definition) is 8. The van der Waals surface area contributed by atoms with Crippen LogP contribution >= 0.6 is 22.9 Å². The molecule has 5 aromatic rings. The molecule has 166 valence electrons. The lowest BCUT2D eigenvalue weighted by Gasteiger charge is -2.08. The largest absolute Gasteiger partial charge is 0.493 e. The molecule has 0 saturated carbocycles. The van der Waals surface area contributed by atoms with Crippen LogP contribution in [0.1, 0.15) is 5.69 Å². The summed E-state index contributed by atoms with van der Waals surface area (Å²) in [6.07, 6.45) is 0. The van der Waals surface area contributed by atoms with Gasteiger partial charge in [0.05, 0.1) is 31.2 Å². The van der Waals surface area contributed by atoms with Crippen molar-refractivity contribution in [2.45, 2.75) is 6.92 Å². The van der Waals surface area contributed by atoms with Crippen LogP contribution < -0.4 is 15.2 Å². The molecule has 0 aliphatic carbocycles. The molecule has 0 aliphatic rings. The molecular formula is C23H19ClN6O2S. The Hall–Kier alpha value is -3.69. The number of rotatable bonds is 5. The third kappa shape index (κ3) is 3.65. The lowest BCUT2D eigenvalue weighted by atomic mass is 10.1. The number of hydrogen-bond donors (Lipinski definition) is 1. The number of thiazole rings is 1. The number of fused-ring (bicyclic) bond motifs is 1. The highest BCUT2D eigenvalue weighted by molar-refractivity contribution is 7.13. The Morgan fingerprint density at radius 3 is 2.42 bits per heavy atom. The van der Waals surface area contributed by atoms with E-state index in [-0.39, 0.29) is 0 Å². The van der Waals surface area contributed by atoms with Gasteiger partial charge in [0, 0.05) is 16.0 Å². The number of methoxy groups -OCH3 is 2. The topological polar surface area (TPSA) is 100 Å². The summed E-state index contributed by atoms with van der Waals surface area (Å²) in [5, 5.41) is 16.7. The molecule has 0 fully saturated rings. The zero-order valence-corrected chi connectivity index (χ0v) is 19.6. The summed E-state index contributed by atoms with van der Waals surface area (Å²) in [4.78, 5) is 4.73. The van der Waals surface area contributed by atoms with Crippen molar-refractivity contribution in [1.29, 1.82) is 0 Å². The van der Waals surface area contributed by atoms with Gasteiger partial charge in [-0.05, 0) is 42.8 Å². The molecule has 2 aromatic carbocycles. The zero-order chi connectivity index (χ0) is 23.1. The van der Waals surface area contributed by atoms with Crippen LogP contribution in [-0.2, 0) is 0 Å². The number of halogens is 1. The lowest BCUT2D eigenvalue weighted by Crippen LogP contribution is -2.05. The van der Waals surface area contributed by atoms with E-state index in [4.69, 9.17) is 31.8 Å². The van der Waals surface area contributed by atoms with Crippen molar-refractivity contribution >= 4 is 34.4 Å². The van der Waals surface area contributed by atoms with E-state index in [1.165, 1.54) is 11.3 Å². The van der Waals surface area contributed by atoms with Crippen molar-refractivity contribution in [1.82, 2.24) is 24.8 Å². The number of ether oxygens (including phenoxy) is 2. The second-order valence-corrected chi connectivity index (χ2v) is 8.54. The van der Waals surface area contributed by atoms with Gasteiger partial charge in [-0.1, -0.05) is 23.7 Å². The molecule has 10 heteroatoms. The highest BCUT2D eigenvalue weighted by Crippen LogP contribution is 2.36. The number of aryl methyl sites for hydroxylation is 1. The monoisotopic (exact) mass is 478 g/mol. The Kier molecular flexibility index (Phi) is 5.35. The third-order valence-electron chi connectivity index (χ3n) is 5.27. The van der Waals surface area contributed by atoms with E-state index in [1.807, 2.05) is 54.8 Å². The van der Waals surface area contributed by atoms with Crippen LogP contribution in [0.5, 0.6) is 11.5 Å². The van der Waals surface area contributed by atoms with Gasteiger partial charge in [0.2, 0.25) is 0 Å². The standard InChI is InChI=1S/C23H19ClN6O2S/c1-12-19(13-4-7-15(24)8-5-13)22-28-27-20(21(25)30(22)29-12)23-26-16(11-33-23)14-6-9-17(31-2)18(10-14)32-3/h4-11H,25H2,1-3H3. The fourth-order valence-electron chi connectivity index (χ4n) is 3.64. The van der Waals surface area contributed by atoms with Crippen molar-refractivity contribution in [3.63, 3.8) is 0 Å². The summed E-state index contributed by atoms with van der Waals surface area (Å²) in [5.41, 5.74) is 11.8. The van der Waals surface area contributed by atoms with Crippen molar-refractivity contribution in [3.05, 3.63) is 58.6 Å². The number of aromatic nitrogens is 5. The summed E-state index contributed by atoms with van der Waals surface area (Å²) in [7, 11) is 3.20. The summed E-state index contributed by atoms with van der Waals surface area (Å²) in [5.74, 6) is 1.66. The molecule has 0 bridgehead atoms. The molecule has 8 nitrogen and oxygen atoms in total. The van der Waals surface area contributed by atoms with Gasteiger partial charge >= 0.3 is 0 Å². The highest BCUT2D eigenvalue weighted by atomic mass is 35.5. The maximum atomic E-state index is 6.47. The van der Waals surface area contributed by atoms with E-state index < -0.39 is 0 Å². The molecule has 0 amide bonds. The fourth-order valence-corrected chi connectivity index (χ4v) is 4.59. The van der Waals surface area contributed by atoms with Gasteiger partial charge < -0.3 is 15.2 Å². The second kappa shape index (κ2) is 8.34. The highest BCUT2D eigenvalue weighted by Gasteiger charge is 2.20. The molecule has 5 rings (SSSR count). The Bertz CT molecular complexity index is 1480. The van der Waals surface area contributed by atoms with Gasteiger partial charge in [-0.2, -0.15) is 9.61 Å². The summed E-state index contributed by atoms with van der Waals surface area (Å²) in [6, 6.07) is 13.2. The van der Waals surface area contributed by atoms with Crippen molar-refractivity contribution in [2.24, 2.45) is 0 Å². The molecule has 0 aliphatic heterocycles. The number of nitrogen functional groups attached to an aromatic ring is 1. The van der Waals surface area contributed by atoms with Crippen molar-refractivity contribution < 1.29 is 9.47 Å². The van der Waals surface area contributed by atoms with Gasteiger partial charge in [0.1, 0.15) is 5.01 Å². The minimum atomic E-state index is 0.372. The summed E-state index contributed by atoms with van der Waals surface area (Å²) in [6.45, 7) is 1.91. The first-order valence-corrected chi connectivity index (χ1v) is 11.2. The molecule has 0 saturated heterocycles. The predicted octanol–water partition coefficient (Wildman–Crippen LogP) is 5.14. The quantitative estimate of drug-likeness (QED) is 0.373. The molecule has 3 heterocycles. The Labute approximate surface area is 198 Å². The SMILES string of the molecule is COc1ccc(-c2csc(-c3nnc4c(-c5ccc(Cl)cc5)c(C)nn4c3N)n2)cc1OC. The van der Waals surface area contributed by atoms with Crippen LogP contribution in [0.4, 0.5) is 5.82 Å². The minimum absolute atomic E-state index is 0.372. The molecule has 2 N–H and O–H groups in total. The summed E-state index contributed by atoms with van der Waals surface area (Å²) >= 11 is 7.47. The molecule has 0 unspecified atom stereocenters. The van der Waals surface area contributed by atoms with Crippen LogP contribution in [0.15, 0.2) is 47.8 Å². The molecule has 3 aromatic heterocycles. The first kappa shape index (κ1) is 21.2. The number of nitrogens with zero attached hydrogens (tertiary/aromatic N) is 5. The van der Waals surface area contributed by atoms with Crippen LogP contribution in [0.25, 0.3) is 38.7 Å². The Morgan fingerprint density at radius 1 is 0.970 bits per heavy atom. The van der Waals surface area contributed by atoms with E-state index in [1.54, 1.807) is 18.7 Å². The van der Waals surface area contributed by atoms with Gasteiger partial charge in [-0.3, -0.25) is 0 Å². The van der Waals surface area contributed by atoms with Gasteiger partial charge in [0.25, 0.3) is 0 Å². The first-order chi connectivity index (χ1) is 16.0. The smallest absolute Gasteiger partial charge is 0.187 e. The van der Waals surface area contributed by atoms with Crippen LogP contribution in [0.2, 0.25) is 5.02 Å². The molecule has 33 heavy (non-hydrogen) atoms. The molecule has 0 atom stereocenters. The molecular weight excluding hydrogens is 460 g/mol. The van der Waals surface area contributed by atoms with Crippen LogP contribution in [0.3, 0.4) is 0 Å². The van der Waals surface area contributed by atoms with E-state index in [0.29, 0.717) is 38.7 Å². The third-order valence-corrected chi connectivity index (χ3v) is 6.37. The second-order valence-electron chi connectivity index (χ2n) is 7.24. The molecule has 0 radical (unpaired) electrons. The van der Waals surface area contributed by atoms with Crippen LogP contribution in [-0.4, -0.2) is 39.0 Å². The van der Waals surface area contributed by atoms with Gasteiger partial charge in [0.15, 0.2) is 28.7 Å². The number of benzene rings is 2. The van der Waals surface area contributed by atoms with E-state index in [0.717, 1.165) is 28.1 Å². The van der Waals surface area contributed by atoms with Crippen LogP contribution in [0, 0.1) is 6.92 Å². The van der Waals surface area contributed by atoms with E-state index >= 15 is 0 Å². The van der Waals surface area contributed by atoms with E-state index in [9.17, 15) is 0 Å². The maximum absolute atomic E-state index is 6.47. The maximum Gasteiger partial charge on any atom is 0.187 e. The average molecular weight is 479 g/mol.